The highest BCUT2D eigenvalue weighted by Crippen LogP contribution is 2.22. The summed E-state index contributed by atoms with van der Waals surface area (Å²) in [5.41, 5.74) is 1.19. The lowest BCUT2D eigenvalue weighted by Gasteiger charge is -2.31. The van der Waals surface area contributed by atoms with Crippen molar-refractivity contribution >= 4 is 27.5 Å². The van der Waals surface area contributed by atoms with Crippen molar-refractivity contribution in [3.63, 3.8) is 0 Å². The number of hydrogen-bond acceptors (Lipinski definition) is 5. The minimum atomic E-state index is -3.76. The zero-order valence-electron chi connectivity index (χ0n) is 19.7. The van der Waals surface area contributed by atoms with Crippen LogP contribution in [0, 0.1) is 0 Å². The van der Waals surface area contributed by atoms with Crippen LogP contribution in [-0.4, -0.2) is 57.1 Å². The molecule has 2 aromatic rings. The number of nitrogens with zero attached hydrogens (tertiary/aromatic N) is 2. The highest BCUT2D eigenvalue weighted by atomic mass is 32.2. The van der Waals surface area contributed by atoms with Crippen molar-refractivity contribution in [2.75, 3.05) is 30.3 Å². The van der Waals surface area contributed by atoms with Gasteiger partial charge in [-0.15, -0.1) is 0 Å². The summed E-state index contributed by atoms with van der Waals surface area (Å²) in [5.74, 6) is -0.154. The number of anilines is 1. The predicted molar refractivity (Wildman–Crippen MR) is 130 cm³/mol. The molecule has 8 nitrogen and oxygen atoms in total. The van der Waals surface area contributed by atoms with Crippen molar-refractivity contribution < 1.29 is 22.7 Å². The van der Waals surface area contributed by atoms with Crippen molar-refractivity contribution in [3.05, 3.63) is 60.2 Å². The molecule has 0 aliphatic carbocycles. The summed E-state index contributed by atoms with van der Waals surface area (Å²) in [6, 6.07) is 15.0. The largest absolute Gasteiger partial charge is 0.494 e. The zero-order valence-corrected chi connectivity index (χ0v) is 20.5. The van der Waals surface area contributed by atoms with Gasteiger partial charge in [0.25, 0.3) is 0 Å². The third kappa shape index (κ3) is 7.78. The molecular weight excluding hydrogens is 442 g/mol. The molecule has 0 bridgehead atoms. The second kappa shape index (κ2) is 12.2. The van der Waals surface area contributed by atoms with Gasteiger partial charge in [-0.1, -0.05) is 37.3 Å². The molecule has 1 N–H and O–H groups in total. The molecular formula is C24H33N3O5S. The quantitative estimate of drug-likeness (QED) is 0.509. The maximum absolute atomic E-state index is 13.4. The van der Waals surface area contributed by atoms with Gasteiger partial charge in [0, 0.05) is 13.1 Å². The number of benzene rings is 2. The van der Waals surface area contributed by atoms with E-state index in [2.05, 4.69) is 5.32 Å². The summed E-state index contributed by atoms with van der Waals surface area (Å²) in [5, 5.41) is 2.81. The third-order valence-electron chi connectivity index (χ3n) is 5.03. The number of carbonyl (C=O) groups excluding carboxylic acids is 2. The van der Waals surface area contributed by atoms with Crippen molar-refractivity contribution in [1.82, 2.24) is 10.2 Å². The van der Waals surface area contributed by atoms with Gasteiger partial charge in [-0.3, -0.25) is 13.9 Å². The fourth-order valence-electron chi connectivity index (χ4n) is 3.25. The molecule has 0 saturated heterocycles. The molecule has 2 aromatic carbocycles. The molecule has 1 atom stereocenters. The standard InChI is InChI=1S/C24H33N3O5S/c1-5-16-25-24(29)19(3)26(17-20-10-8-7-9-11-20)23(28)18-27(33(4,30)31)21-12-14-22(15-13-21)32-6-2/h7-15,19H,5-6,16-18H2,1-4H3,(H,25,29)/t19-/m1/s1. The van der Waals surface area contributed by atoms with Gasteiger partial charge < -0.3 is 15.0 Å². The van der Waals surface area contributed by atoms with Crippen LogP contribution in [0.4, 0.5) is 5.69 Å². The van der Waals surface area contributed by atoms with Crippen LogP contribution >= 0.6 is 0 Å². The van der Waals surface area contributed by atoms with Gasteiger partial charge in [0.15, 0.2) is 0 Å². The van der Waals surface area contributed by atoms with E-state index in [1.807, 2.05) is 44.2 Å². The molecule has 2 rings (SSSR count). The normalized spacial score (nSPS) is 12.0. The Bertz CT molecular complexity index is 1010. The van der Waals surface area contributed by atoms with Crippen LogP contribution in [0.5, 0.6) is 5.75 Å². The first-order valence-electron chi connectivity index (χ1n) is 11.0. The first-order valence-corrected chi connectivity index (χ1v) is 12.8. The lowest BCUT2D eigenvalue weighted by Crippen LogP contribution is -2.51. The number of nitrogens with one attached hydrogen (secondary N) is 1. The van der Waals surface area contributed by atoms with Crippen molar-refractivity contribution in [1.29, 1.82) is 0 Å². The molecule has 9 heteroatoms. The fraction of sp³-hybridized carbons (Fsp3) is 0.417. The molecule has 33 heavy (non-hydrogen) atoms. The Hall–Kier alpha value is -3.07. The molecule has 0 radical (unpaired) electrons. The van der Waals surface area contributed by atoms with E-state index in [-0.39, 0.29) is 12.5 Å². The zero-order chi connectivity index (χ0) is 24.4. The van der Waals surface area contributed by atoms with Crippen molar-refractivity contribution in [2.24, 2.45) is 0 Å². The summed E-state index contributed by atoms with van der Waals surface area (Å²) in [4.78, 5) is 27.4. The average Bonchev–Trinajstić information content (AvgIpc) is 2.79. The van der Waals surface area contributed by atoms with Crippen molar-refractivity contribution in [2.45, 2.75) is 39.8 Å². The summed E-state index contributed by atoms with van der Waals surface area (Å²) >= 11 is 0. The van der Waals surface area contributed by atoms with Gasteiger partial charge in [-0.25, -0.2) is 8.42 Å². The number of hydrogen-bond donors (Lipinski definition) is 1. The summed E-state index contributed by atoms with van der Waals surface area (Å²) in [6.45, 7) is 6.19. The monoisotopic (exact) mass is 475 g/mol. The van der Waals surface area contributed by atoms with E-state index in [9.17, 15) is 18.0 Å². The SMILES string of the molecule is CCCNC(=O)[C@@H](C)N(Cc1ccccc1)C(=O)CN(c1ccc(OCC)cc1)S(C)(=O)=O. The summed E-state index contributed by atoms with van der Waals surface area (Å²) in [7, 11) is -3.76. The van der Waals surface area contributed by atoms with Crippen LogP contribution in [0.15, 0.2) is 54.6 Å². The average molecular weight is 476 g/mol. The Kier molecular flexibility index (Phi) is 9.72. The molecule has 0 aliphatic rings. The Labute approximate surface area is 196 Å². The Morgan fingerprint density at radius 3 is 2.21 bits per heavy atom. The van der Waals surface area contributed by atoms with E-state index in [0.717, 1.165) is 22.5 Å². The fourth-order valence-corrected chi connectivity index (χ4v) is 4.10. The van der Waals surface area contributed by atoms with Gasteiger partial charge in [-0.2, -0.15) is 0 Å². The Morgan fingerprint density at radius 1 is 1.03 bits per heavy atom. The van der Waals surface area contributed by atoms with Crippen LogP contribution in [0.2, 0.25) is 0 Å². The minimum absolute atomic E-state index is 0.182. The molecule has 0 saturated carbocycles. The maximum Gasteiger partial charge on any atom is 0.244 e. The molecule has 0 aliphatic heterocycles. The number of carbonyl (C=O) groups is 2. The molecule has 0 fully saturated rings. The van der Waals surface area contributed by atoms with Gasteiger partial charge in [0.1, 0.15) is 18.3 Å². The summed E-state index contributed by atoms with van der Waals surface area (Å²) in [6.07, 6.45) is 1.82. The van der Waals surface area contributed by atoms with Crippen LogP contribution < -0.4 is 14.4 Å². The van der Waals surface area contributed by atoms with E-state index < -0.39 is 28.5 Å². The minimum Gasteiger partial charge on any atom is -0.494 e. The molecule has 0 aromatic heterocycles. The molecule has 0 heterocycles. The van der Waals surface area contributed by atoms with E-state index in [0.29, 0.717) is 24.6 Å². The number of sulfonamides is 1. The summed E-state index contributed by atoms with van der Waals surface area (Å²) < 4.78 is 31.6. The van der Waals surface area contributed by atoms with Crippen molar-refractivity contribution in [3.8, 4) is 5.75 Å². The first kappa shape index (κ1) is 26.2. The second-order valence-electron chi connectivity index (χ2n) is 7.67. The predicted octanol–water partition coefficient (Wildman–Crippen LogP) is 2.79. The molecule has 0 spiro atoms. The van der Waals surface area contributed by atoms with Crippen LogP contribution in [0.25, 0.3) is 0 Å². The molecule has 2 amide bonds. The third-order valence-corrected chi connectivity index (χ3v) is 6.17. The lowest BCUT2D eigenvalue weighted by atomic mass is 10.1. The second-order valence-corrected chi connectivity index (χ2v) is 9.58. The van der Waals surface area contributed by atoms with Gasteiger partial charge in [0.2, 0.25) is 21.8 Å². The molecule has 0 unspecified atom stereocenters. The van der Waals surface area contributed by atoms with E-state index in [1.165, 1.54) is 4.90 Å². The van der Waals surface area contributed by atoms with Crippen LogP contribution in [0.1, 0.15) is 32.8 Å². The molecule has 180 valence electrons. The highest BCUT2D eigenvalue weighted by molar-refractivity contribution is 7.92. The number of rotatable bonds is 12. The van der Waals surface area contributed by atoms with E-state index in [1.54, 1.807) is 31.2 Å². The van der Waals surface area contributed by atoms with Crippen LogP contribution in [0.3, 0.4) is 0 Å². The Morgan fingerprint density at radius 2 is 1.67 bits per heavy atom. The topological polar surface area (TPSA) is 96.0 Å². The van der Waals surface area contributed by atoms with Gasteiger partial charge in [-0.05, 0) is 50.1 Å². The van der Waals surface area contributed by atoms with E-state index >= 15 is 0 Å². The smallest absolute Gasteiger partial charge is 0.244 e. The van der Waals surface area contributed by atoms with E-state index in [4.69, 9.17) is 4.74 Å². The first-order chi connectivity index (χ1) is 15.7. The maximum atomic E-state index is 13.4. The highest BCUT2D eigenvalue weighted by Gasteiger charge is 2.29. The van der Waals surface area contributed by atoms with Crippen LogP contribution in [-0.2, 0) is 26.2 Å². The Balaban J connectivity index is 2.32. The van der Waals surface area contributed by atoms with Gasteiger partial charge >= 0.3 is 0 Å². The van der Waals surface area contributed by atoms with Gasteiger partial charge in [0.05, 0.1) is 18.6 Å². The lowest BCUT2D eigenvalue weighted by molar-refractivity contribution is -0.139. The number of ether oxygens (including phenoxy) is 1. The number of amides is 2.